The molecule has 0 aliphatic heterocycles. The summed E-state index contributed by atoms with van der Waals surface area (Å²) in [7, 11) is 0. The fourth-order valence-corrected chi connectivity index (χ4v) is 3.23. The first-order valence-corrected chi connectivity index (χ1v) is 11.4. The fourth-order valence-electron chi connectivity index (χ4n) is 3.23. The van der Waals surface area contributed by atoms with E-state index < -0.39 is 12.0 Å². The summed E-state index contributed by atoms with van der Waals surface area (Å²) in [6.45, 7) is 11.0. The largest absolute Gasteiger partial charge is 0.463 e. The molecule has 0 spiro atoms. The number of nitrogens with one attached hydrogen (secondary N) is 2. The Balaban J connectivity index is 2.67. The van der Waals surface area contributed by atoms with Crippen molar-refractivity contribution < 1.29 is 24.2 Å². The predicted molar refractivity (Wildman–Crippen MR) is 129 cm³/mol. The molecule has 7 heteroatoms. The lowest BCUT2D eigenvalue weighted by Crippen LogP contribution is -2.46. The second kappa shape index (κ2) is 15.8. The van der Waals surface area contributed by atoms with Crippen LogP contribution in [0.2, 0.25) is 0 Å². The molecule has 0 aromatic heterocycles. The normalized spacial score (nSPS) is 13.5. The SMILES string of the molecule is C=CCCC(=O)OC[C@@H](NC(=O)[C@H](CC=C)CC(=O)N[C@H](CO)Cc1ccccc1)C(C)C. The van der Waals surface area contributed by atoms with E-state index in [1.807, 2.05) is 44.2 Å². The first kappa shape index (κ1) is 28.1. The average molecular weight is 459 g/mol. The molecule has 3 atom stereocenters. The van der Waals surface area contributed by atoms with Gasteiger partial charge in [0, 0.05) is 12.8 Å². The van der Waals surface area contributed by atoms with Gasteiger partial charge in [0.25, 0.3) is 0 Å². The Bertz CT molecular complexity index is 763. The lowest BCUT2D eigenvalue weighted by molar-refractivity contribution is -0.145. The fraction of sp³-hybridized carbons (Fsp3) is 0.500. The van der Waals surface area contributed by atoms with Crippen LogP contribution in [0.4, 0.5) is 0 Å². The maximum atomic E-state index is 12.9. The summed E-state index contributed by atoms with van der Waals surface area (Å²) in [6.07, 6.45) is 4.82. The molecular formula is C26H38N2O5. The second-order valence-electron chi connectivity index (χ2n) is 8.43. The zero-order valence-electron chi connectivity index (χ0n) is 19.8. The molecule has 182 valence electrons. The van der Waals surface area contributed by atoms with Gasteiger partial charge in [-0.15, -0.1) is 13.2 Å². The van der Waals surface area contributed by atoms with Crippen molar-refractivity contribution in [3.8, 4) is 0 Å². The van der Waals surface area contributed by atoms with Gasteiger partial charge in [-0.1, -0.05) is 56.3 Å². The van der Waals surface area contributed by atoms with Crippen LogP contribution in [0.1, 0.15) is 45.1 Å². The van der Waals surface area contributed by atoms with Crippen LogP contribution in [0, 0.1) is 11.8 Å². The highest BCUT2D eigenvalue weighted by Gasteiger charge is 2.26. The van der Waals surface area contributed by atoms with E-state index in [0.717, 1.165) is 5.56 Å². The number of rotatable bonds is 16. The minimum absolute atomic E-state index is 0.0315. The van der Waals surface area contributed by atoms with Gasteiger partial charge in [-0.2, -0.15) is 0 Å². The van der Waals surface area contributed by atoms with Gasteiger partial charge < -0.3 is 20.5 Å². The molecule has 1 aromatic rings. The van der Waals surface area contributed by atoms with Crippen molar-refractivity contribution in [3.05, 3.63) is 61.2 Å². The molecule has 1 rings (SSSR count). The summed E-state index contributed by atoms with van der Waals surface area (Å²) in [5.41, 5.74) is 1.000. The van der Waals surface area contributed by atoms with Gasteiger partial charge in [-0.25, -0.2) is 0 Å². The van der Waals surface area contributed by atoms with E-state index in [4.69, 9.17) is 4.74 Å². The minimum Gasteiger partial charge on any atom is -0.463 e. The van der Waals surface area contributed by atoms with Crippen LogP contribution in [0.3, 0.4) is 0 Å². The molecule has 33 heavy (non-hydrogen) atoms. The molecular weight excluding hydrogens is 420 g/mol. The monoisotopic (exact) mass is 458 g/mol. The van der Waals surface area contributed by atoms with E-state index in [2.05, 4.69) is 23.8 Å². The van der Waals surface area contributed by atoms with Gasteiger partial charge in [0.2, 0.25) is 11.8 Å². The Morgan fingerprint density at radius 2 is 1.79 bits per heavy atom. The third-order valence-electron chi connectivity index (χ3n) is 5.27. The lowest BCUT2D eigenvalue weighted by Gasteiger charge is -2.25. The van der Waals surface area contributed by atoms with Crippen LogP contribution in [-0.4, -0.2) is 48.2 Å². The number of esters is 1. The van der Waals surface area contributed by atoms with Crippen molar-refractivity contribution in [1.29, 1.82) is 0 Å². The number of aliphatic hydroxyl groups excluding tert-OH is 1. The third-order valence-corrected chi connectivity index (χ3v) is 5.27. The number of carbonyl (C=O) groups excluding carboxylic acids is 3. The van der Waals surface area contributed by atoms with Crippen molar-refractivity contribution in [2.75, 3.05) is 13.2 Å². The average Bonchev–Trinajstić information content (AvgIpc) is 2.79. The van der Waals surface area contributed by atoms with E-state index in [-0.39, 0.29) is 55.8 Å². The smallest absolute Gasteiger partial charge is 0.306 e. The Morgan fingerprint density at radius 3 is 2.36 bits per heavy atom. The number of benzene rings is 1. The molecule has 0 unspecified atom stereocenters. The highest BCUT2D eigenvalue weighted by atomic mass is 16.5. The zero-order valence-corrected chi connectivity index (χ0v) is 19.8. The zero-order chi connectivity index (χ0) is 24.6. The van der Waals surface area contributed by atoms with Gasteiger partial charge in [0.1, 0.15) is 6.61 Å². The highest BCUT2D eigenvalue weighted by molar-refractivity contribution is 5.86. The van der Waals surface area contributed by atoms with Crippen molar-refractivity contribution in [1.82, 2.24) is 10.6 Å². The van der Waals surface area contributed by atoms with Crippen LogP contribution in [0.5, 0.6) is 0 Å². The van der Waals surface area contributed by atoms with Gasteiger partial charge in [0.05, 0.1) is 24.6 Å². The van der Waals surface area contributed by atoms with E-state index in [1.54, 1.807) is 12.2 Å². The molecule has 3 N–H and O–H groups in total. The predicted octanol–water partition coefficient (Wildman–Crippen LogP) is 2.94. The van der Waals surface area contributed by atoms with Crippen molar-refractivity contribution in [2.24, 2.45) is 11.8 Å². The third kappa shape index (κ3) is 11.5. The van der Waals surface area contributed by atoms with Crippen LogP contribution >= 0.6 is 0 Å². The molecule has 0 heterocycles. The van der Waals surface area contributed by atoms with Gasteiger partial charge in [-0.05, 0) is 30.7 Å². The summed E-state index contributed by atoms with van der Waals surface area (Å²) in [6, 6.07) is 8.75. The summed E-state index contributed by atoms with van der Waals surface area (Å²) < 4.78 is 5.28. The summed E-state index contributed by atoms with van der Waals surface area (Å²) in [5, 5.41) is 15.4. The van der Waals surface area contributed by atoms with Gasteiger partial charge in [-0.3, -0.25) is 14.4 Å². The molecule has 0 aliphatic carbocycles. The molecule has 0 aliphatic rings. The molecule has 0 saturated heterocycles. The Morgan fingerprint density at radius 1 is 1.09 bits per heavy atom. The number of allylic oxidation sites excluding steroid dienone is 2. The summed E-state index contributed by atoms with van der Waals surface area (Å²) in [4.78, 5) is 37.3. The second-order valence-corrected chi connectivity index (χ2v) is 8.43. The first-order chi connectivity index (χ1) is 15.8. The van der Waals surface area contributed by atoms with E-state index in [0.29, 0.717) is 19.3 Å². The van der Waals surface area contributed by atoms with Crippen LogP contribution in [-0.2, 0) is 25.5 Å². The van der Waals surface area contributed by atoms with E-state index in [1.165, 1.54) is 0 Å². The minimum atomic E-state index is -0.615. The lowest BCUT2D eigenvalue weighted by atomic mass is 9.97. The Labute approximate surface area is 197 Å². The number of aliphatic hydroxyl groups is 1. The van der Waals surface area contributed by atoms with Crippen molar-refractivity contribution >= 4 is 17.8 Å². The van der Waals surface area contributed by atoms with Gasteiger partial charge >= 0.3 is 5.97 Å². The highest BCUT2D eigenvalue weighted by Crippen LogP contribution is 2.13. The van der Waals surface area contributed by atoms with E-state index >= 15 is 0 Å². The van der Waals surface area contributed by atoms with Crippen molar-refractivity contribution in [3.63, 3.8) is 0 Å². The maximum absolute atomic E-state index is 12.9. The van der Waals surface area contributed by atoms with Crippen molar-refractivity contribution in [2.45, 2.75) is 58.0 Å². The quantitative estimate of drug-likeness (QED) is 0.261. The molecule has 7 nitrogen and oxygen atoms in total. The molecule has 2 amide bonds. The Hall–Kier alpha value is -2.93. The number of carbonyl (C=O) groups is 3. The van der Waals surface area contributed by atoms with Crippen LogP contribution in [0.15, 0.2) is 55.6 Å². The molecule has 1 aromatic carbocycles. The topological polar surface area (TPSA) is 105 Å². The number of ether oxygens (including phenoxy) is 1. The number of hydrogen-bond donors (Lipinski definition) is 3. The standard InChI is InChI=1S/C26H38N2O5/c1-5-7-14-25(31)33-18-23(19(3)4)28-26(32)21(11-6-2)16-24(30)27-22(17-29)15-20-12-9-8-10-13-20/h5-6,8-10,12-13,19,21-23,29H,1-2,7,11,14-18H2,3-4H3,(H,27,30)(H,28,32)/t21-,22+,23-/m1/s1. The molecule has 0 bridgehead atoms. The first-order valence-electron chi connectivity index (χ1n) is 11.4. The molecule has 0 radical (unpaired) electrons. The molecule has 0 fully saturated rings. The van der Waals surface area contributed by atoms with Crippen LogP contribution < -0.4 is 10.6 Å². The number of amides is 2. The number of hydrogen-bond acceptors (Lipinski definition) is 5. The van der Waals surface area contributed by atoms with E-state index in [9.17, 15) is 19.5 Å². The van der Waals surface area contributed by atoms with Gasteiger partial charge in [0.15, 0.2) is 0 Å². The summed E-state index contributed by atoms with van der Waals surface area (Å²) >= 11 is 0. The van der Waals surface area contributed by atoms with Crippen LogP contribution in [0.25, 0.3) is 0 Å². The summed E-state index contributed by atoms with van der Waals surface area (Å²) in [5.74, 6) is -1.54. The molecule has 0 saturated carbocycles. The Kier molecular flexibility index (Phi) is 13.5. The maximum Gasteiger partial charge on any atom is 0.306 e.